The Labute approximate surface area is 219 Å². The fourth-order valence-corrected chi connectivity index (χ4v) is 4.35. The Morgan fingerprint density at radius 3 is 2.03 bits per heavy atom. The second-order valence-corrected chi connectivity index (χ2v) is 9.81. The SMILES string of the molecule is CC1N=C(N(C)C)N(C)C(N(CCC2N=C(N(C)C)NC(N(C)Cc3ccc[nH]3)=N2)Cc2ccc[nH]2)=N1. The van der Waals surface area contributed by atoms with Gasteiger partial charge < -0.3 is 29.6 Å². The molecule has 0 saturated heterocycles. The second-order valence-electron chi connectivity index (χ2n) is 9.81. The molecule has 4 rings (SSSR count). The molecule has 12 nitrogen and oxygen atoms in total. The van der Waals surface area contributed by atoms with Crippen molar-refractivity contribution >= 4 is 23.8 Å². The van der Waals surface area contributed by atoms with E-state index in [0.717, 1.165) is 54.7 Å². The van der Waals surface area contributed by atoms with Crippen molar-refractivity contribution in [3.8, 4) is 0 Å². The second kappa shape index (κ2) is 11.4. The van der Waals surface area contributed by atoms with E-state index < -0.39 is 0 Å². The third-order valence-electron chi connectivity index (χ3n) is 6.19. The van der Waals surface area contributed by atoms with Gasteiger partial charge in [-0.05, 0) is 31.2 Å². The lowest BCUT2D eigenvalue weighted by atomic mass is 10.3. The van der Waals surface area contributed by atoms with E-state index >= 15 is 0 Å². The molecule has 0 saturated carbocycles. The molecule has 200 valence electrons. The lowest BCUT2D eigenvalue weighted by Crippen LogP contribution is -2.53. The van der Waals surface area contributed by atoms with Gasteiger partial charge in [0.2, 0.25) is 23.8 Å². The van der Waals surface area contributed by atoms with Gasteiger partial charge in [0, 0.05) is 79.0 Å². The molecule has 37 heavy (non-hydrogen) atoms. The van der Waals surface area contributed by atoms with Gasteiger partial charge in [-0.15, -0.1) is 0 Å². The maximum absolute atomic E-state index is 4.97. The molecule has 12 heteroatoms. The number of hydrogen-bond donors (Lipinski definition) is 3. The summed E-state index contributed by atoms with van der Waals surface area (Å²) < 4.78 is 0. The van der Waals surface area contributed by atoms with Crippen LogP contribution in [0.3, 0.4) is 0 Å². The number of guanidine groups is 4. The van der Waals surface area contributed by atoms with Crippen LogP contribution in [0.4, 0.5) is 0 Å². The molecule has 0 aliphatic carbocycles. The van der Waals surface area contributed by atoms with Crippen LogP contribution < -0.4 is 5.32 Å². The van der Waals surface area contributed by atoms with Gasteiger partial charge in [-0.2, -0.15) is 0 Å². The Balaban J connectivity index is 1.54. The highest BCUT2D eigenvalue weighted by atomic mass is 15.5. The van der Waals surface area contributed by atoms with Crippen LogP contribution in [0.15, 0.2) is 56.6 Å². The summed E-state index contributed by atoms with van der Waals surface area (Å²) in [5.74, 6) is 3.37. The van der Waals surface area contributed by atoms with Crippen LogP contribution in [0.1, 0.15) is 24.7 Å². The van der Waals surface area contributed by atoms with E-state index in [1.54, 1.807) is 0 Å². The van der Waals surface area contributed by atoms with E-state index in [9.17, 15) is 0 Å². The van der Waals surface area contributed by atoms with Gasteiger partial charge in [-0.1, -0.05) is 0 Å². The van der Waals surface area contributed by atoms with Gasteiger partial charge in [-0.25, -0.2) is 20.0 Å². The van der Waals surface area contributed by atoms with E-state index in [1.807, 2.05) is 83.5 Å². The van der Waals surface area contributed by atoms with Gasteiger partial charge >= 0.3 is 0 Å². The first-order chi connectivity index (χ1) is 17.7. The first-order valence-electron chi connectivity index (χ1n) is 12.6. The van der Waals surface area contributed by atoms with Crippen LogP contribution in [0.25, 0.3) is 0 Å². The minimum absolute atomic E-state index is 0.154. The maximum Gasteiger partial charge on any atom is 0.205 e. The molecule has 3 N–H and O–H groups in total. The molecule has 2 aliphatic heterocycles. The Bertz CT molecular complexity index is 1130. The third-order valence-corrected chi connectivity index (χ3v) is 6.19. The molecule has 2 aliphatic rings. The molecule has 2 aromatic heterocycles. The zero-order valence-electron chi connectivity index (χ0n) is 23.0. The molecule has 0 aromatic carbocycles. The monoisotopic (exact) mass is 508 g/mol. The van der Waals surface area contributed by atoms with E-state index in [2.05, 4.69) is 42.1 Å². The standard InChI is InChI=1S/C25H40N12/c1-18-28-24(34(4)5)36(7)25(29-18)37(17-20-11-9-14-27-20)15-12-21-30-22(33(2)3)32-23(31-21)35(6)16-19-10-8-13-26-19/h8-11,13-14,18,21,26-27H,12,15-17H2,1-7H3,(H,30,31,32). The largest absolute Gasteiger partial charge is 0.364 e. The van der Waals surface area contributed by atoms with E-state index in [0.29, 0.717) is 6.54 Å². The lowest BCUT2D eigenvalue weighted by Gasteiger charge is -2.38. The average Bonchev–Trinajstić information content (AvgIpc) is 3.57. The molecule has 0 spiro atoms. The number of rotatable bonds is 7. The quantitative estimate of drug-likeness (QED) is 0.522. The van der Waals surface area contributed by atoms with E-state index in [4.69, 9.17) is 20.0 Å². The van der Waals surface area contributed by atoms with Crippen molar-refractivity contribution < 1.29 is 0 Å². The van der Waals surface area contributed by atoms with Gasteiger partial charge in [0.05, 0.1) is 13.1 Å². The summed E-state index contributed by atoms with van der Waals surface area (Å²) in [5.41, 5.74) is 2.25. The molecule has 4 heterocycles. The van der Waals surface area contributed by atoms with Crippen LogP contribution in [0.5, 0.6) is 0 Å². The Morgan fingerprint density at radius 2 is 1.43 bits per heavy atom. The van der Waals surface area contributed by atoms with Gasteiger partial charge in [-0.3, -0.25) is 10.2 Å². The zero-order chi connectivity index (χ0) is 26.5. The third kappa shape index (κ3) is 6.43. The molecule has 0 amide bonds. The highest BCUT2D eigenvalue weighted by Gasteiger charge is 2.28. The Kier molecular flexibility index (Phi) is 8.04. The van der Waals surface area contributed by atoms with Crippen molar-refractivity contribution in [2.45, 2.75) is 38.8 Å². The number of aliphatic imine (C=N–C) groups is 4. The number of hydrogen-bond acceptors (Lipinski definition) is 10. The minimum Gasteiger partial charge on any atom is -0.364 e. The lowest BCUT2D eigenvalue weighted by molar-refractivity contribution is 0.335. The summed E-state index contributed by atoms with van der Waals surface area (Å²) >= 11 is 0. The molecular weight excluding hydrogens is 468 g/mol. The number of nitrogens with zero attached hydrogens (tertiary/aromatic N) is 9. The van der Waals surface area contributed by atoms with Crippen molar-refractivity contribution in [2.24, 2.45) is 20.0 Å². The fourth-order valence-electron chi connectivity index (χ4n) is 4.35. The van der Waals surface area contributed by atoms with Gasteiger partial charge in [0.25, 0.3) is 0 Å². The maximum atomic E-state index is 4.97. The molecule has 0 radical (unpaired) electrons. The van der Waals surface area contributed by atoms with Crippen LogP contribution >= 0.6 is 0 Å². The molecule has 2 atom stereocenters. The highest BCUT2D eigenvalue weighted by molar-refractivity contribution is 6.00. The fraction of sp³-hybridized carbons (Fsp3) is 0.520. The van der Waals surface area contributed by atoms with Gasteiger partial charge in [0.1, 0.15) is 12.3 Å². The summed E-state index contributed by atoms with van der Waals surface area (Å²) in [6.45, 7) is 4.15. The first kappa shape index (κ1) is 26.1. The summed E-state index contributed by atoms with van der Waals surface area (Å²) in [6.07, 6.45) is 4.24. The van der Waals surface area contributed by atoms with Crippen LogP contribution in [-0.2, 0) is 13.1 Å². The summed E-state index contributed by atoms with van der Waals surface area (Å²) in [4.78, 5) is 36.5. The first-order valence-corrected chi connectivity index (χ1v) is 12.6. The van der Waals surface area contributed by atoms with Crippen molar-refractivity contribution in [3.63, 3.8) is 0 Å². The summed E-state index contributed by atoms with van der Waals surface area (Å²) in [7, 11) is 12.0. The molecular formula is C25H40N12. The van der Waals surface area contributed by atoms with Crippen LogP contribution in [0.2, 0.25) is 0 Å². The Hall–Kier alpha value is -3.96. The zero-order valence-corrected chi connectivity index (χ0v) is 23.0. The van der Waals surface area contributed by atoms with Crippen molar-refractivity contribution in [1.82, 2.24) is 39.8 Å². The van der Waals surface area contributed by atoms with Crippen LogP contribution in [0, 0.1) is 0 Å². The molecule has 0 bridgehead atoms. The number of H-pyrrole nitrogens is 2. The highest BCUT2D eigenvalue weighted by Crippen LogP contribution is 2.16. The summed E-state index contributed by atoms with van der Waals surface area (Å²) in [5, 5.41) is 3.38. The van der Waals surface area contributed by atoms with Crippen molar-refractivity contribution in [1.29, 1.82) is 0 Å². The van der Waals surface area contributed by atoms with Crippen LogP contribution in [-0.4, -0.2) is 119 Å². The normalized spacial score (nSPS) is 19.4. The smallest absolute Gasteiger partial charge is 0.205 e. The molecule has 0 fully saturated rings. The molecule has 2 aromatic rings. The predicted octanol–water partition coefficient (Wildman–Crippen LogP) is 1.43. The van der Waals surface area contributed by atoms with Crippen molar-refractivity contribution in [3.05, 3.63) is 48.0 Å². The number of aromatic nitrogens is 2. The van der Waals surface area contributed by atoms with Crippen molar-refractivity contribution in [2.75, 3.05) is 48.8 Å². The molecule has 2 unspecified atom stereocenters. The minimum atomic E-state index is -0.222. The number of aromatic amines is 2. The van der Waals surface area contributed by atoms with Gasteiger partial charge in [0.15, 0.2) is 0 Å². The predicted molar refractivity (Wildman–Crippen MR) is 149 cm³/mol. The van der Waals surface area contributed by atoms with E-state index in [-0.39, 0.29) is 12.3 Å². The Morgan fingerprint density at radius 1 is 0.811 bits per heavy atom. The average molecular weight is 509 g/mol. The van der Waals surface area contributed by atoms with E-state index in [1.165, 1.54) is 0 Å². The number of nitrogens with one attached hydrogen (secondary N) is 3. The topological polar surface area (TPSA) is 109 Å². The summed E-state index contributed by atoms with van der Waals surface area (Å²) in [6, 6.07) is 8.20.